The lowest BCUT2D eigenvalue weighted by atomic mass is 9.77. The Balaban J connectivity index is 1.43. The molecule has 5 nitrogen and oxygen atoms in total. The molecule has 2 aliphatic rings. The summed E-state index contributed by atoms with van der Waals surface area (Å²) in [7, 11) is 0. The van der Waals surface area contributed by atoms with Crippen molar-refractivity contribution in [3.63, 3.8) is 0 Å². The van der Waals surface area contributed by atoms with Crippen LogP contribution in [0.1, 0.15) is 43.0 Å². The van der Waals surface area contributed by atoms with Crippen molar-refractivity contribution in [1.29, 1.82) is 0 Å². The van der Waals surface area contributed by atoms with Crippen LogP contribution in [0, 0.1) is 6.92 Å². The molecule has 0 spiro atoms. The summed E-state index contributed by atoms with van der Waals surface area (Å²) in [5, 5.41) is 20.4. The molecule has 0 amide bonds. The third-order valence-electron chi connectivity index (χ3n) is 5.81. The lowest BCUT2D eigenvalue weighted by Crippen LogP contribution is -2.38. The predicted octanol–water partition coefficient (Wildman–Crippen LogP) is 5.03. The van der Waals surface area contributed by atoms with Crippen LogP contribution < -0.4 is 4.74 Å². The Hall–Kier alpha value is -1.51. The maximum Gasteiger partial charge on any atom is 0.203 e. The number of halogens is 2. The number of aromatic nitrogens is 3. The second-order valence-electron chi connectivity index (χ2n) is 7.57. The maximum atomic E-state index is 10.8. The lowest BCUT2D eigenvalue weighted by molar-refractivity contribution is 0.0666. The first-order valence-electron chi connectivity index (χ1n) is 9.49. The molecule has 0 bridgehead atoms. The fourth-order valence-electron chi connectivity index (χ4n) is 3.99. The molecule has 1 aromatic carbocycles. The van der Waals surface area contributed by atoms with Gasteiger partial charge in [-0.05, 0) is 56.9 Å². The van der Waals surface area contributed by atoms with E-state index in [0.717, 1.165) is 42.8 Å². The highest BCUT2D eigenvalue weighted by Gasteiger charge is 2.41. The molecule has 3 aromatic rings. The van der Waals surface area contributed by atoms with Crippen LogP contribution in [0.4, 0.5) is 0 Å². The van der Waals surface area contributed by atoms with Crippen molar-refractivity contribution in [2.45, 2.75) is 44.1 Å². The summed E-state index contributed by atoms with van der Waals surface area (Å²) < 4.78 is 10.8. The molecule has 0 atom stereocenters. The molecule has 0 unspecified atom stereocenters. The van der Waals surface area contributed by atoms with Gasteiger partial charge in [0.25, 0.3) is 0 Å². The summed E-state index contributed by atoms with van der Waals surface area (Å²) in [4.78, 5) is 0. The summed E-state index contributed by atoms with van der Waals surface area (Å²) in [6.07, 6.45) is 5.58. The quantitative estimate of drug-likeness (QED) is 0.396. The van der Waals surface area contributed by atoms with E-state index in [1.54, 1.807) is 0 Å². The summed E-state index contributed by atoms with van der Waals surface area (Å²) in [6, 6.07) is 9.50. The number of hydrogen-bond acceptors (Lipinski definition) is 4. The van der Waals surface area contributed by atoms with Crippen molar-refractivity contribution < 1.29 is 9.84 Å². The molecular weight excluding hydrogens is 489 g/mol. The Bertz CT molecular complexity index is 1090. The predicted molar refractivity (Wildman–Crippen MR) is 119 cm³/mol. The summed E-state index contributed by atoms with van der Waals surface area (Å²) in [6.45, 7) is 1.94. The van der Waals surface area contributed by atoms with Gasteiger partial charge < -0.3 is 9.84 Å². The Morgan fingerprint density at radius 1 is 1.18 bits per heavy atom. The van der Waals surface area contributed by atoms with Gasteiger partial charge in [-0.1, -0.05) is 17.7 Å². The molecule has 3 heterocycles. The van der Waals surface area contributed by atoms with Crippen LogP contribution in [0.3, 0.4) is 0 Å². The van der Waals surface area contributed by atoms with Gasteiger partial charge in [-0.25, -0.2) is 0 Å². The van der Waals surface area contributed by atoms with Crippen molar-refractivity contribution in [2.24, 2.45) is 0 Å². The van der Waals surface area contributed by atoms with E-state index in [1.165, 1.54) is 7.94 Å². The third-order valence-corrected chi connectivity index (χ3v) is 8.75. The summed E-state index contributed by atoms with van der Waals surface area (Å²) >= 11 is 6.40. The maximum absolute atomic E-state index is 10.8. The van der Waals surface area contributed by atoms with Gasteiger partial charge in [-0.15, -0.1) is 30.9 Å². The molecule has 28 heavy (non-hydrogen) atoms. The lowest BCUT2D eigenvalue weighted by Gasteiger charge is -2.33. The molecule has 1 N–H and O–H groups in total. The normalized spacial score (nSPS) is 24.5. The van der Waals surface area contributed by atoms with Crippen molar-refractivity contribution in [1.82, 2.24) is 14.6 Å². The highest BCUT2D eigenvalue weighted by atomic mass is 127. The number of pyridine rings is 1. The Morgan fingerprint density at radius 3 is 2.68 bits per heavy atom. The average molecular weight is 510 g/mol. The fourth-order valence-corrected chi connectivity index (χ4v) is 6.31. The second kappa shape index (κ2) is 7.07. The Labute approximate surface area is 178 Å². The topological polar surface area (TPSA) is 59.7 Å². The van der Waals surface area contributed by atoms with Gasteiger partial charge in [-0.2, -0.15) is 0 Å². The van der Waals surface area contributed by atoms with Gasteiger partial charge >= 0.3 is 0 Å². The Morgan fingerprint density at radius 2 is 1.93 bits per heavy atom. The summed E-state index contributed by atoms with van der Waals surface area (Å²) in [5.41, 5.74) is 1.13. The Kier molecular flexibility index (Phi) is 4.68. The zero-order chi connectivity index (χ0) is 19.3. The van der Waals surface area contributed by atoms with Crippen molar-refractivity contribution in [3.8, 4) is 11.5 Å². The standard InChI is InChI=1S/C21H21ClIN3O2/c1-13-15(22)4-2-5-16(13)28-17-6-3-11-26-19(24-25-20(17)26)14-7-9-21(27,10-8-14)18-12-23-18/h2-6,11,14,27H,7-10,12H2,1H3. The molecule has 1 aliphatic carbocycles. The number of nitrogens with zero attached hydrogens (tertiary/aromatic N) is 3. The molecule has 0 radical (unpaired) electrons. The molecule has 1 aliphatic heterocycles. The van der Waals surface area contributed by atoms with E-state index in [-0.39, 0.29) is 20.7 Å². The van der Waals surface area contributed by atoms with Crippen LogP contribution in [-0.2, 0) is 0 Å². The van der Waals surface area contributed by atoms with Crippen LogP contribution >= 0.6 is 32.3 Å². The molecule has 1 saturated carbocycles. The highest BCUT2D eigenvalue weighted by molar-refractivity contribution is 14.2. The molecule has 5 rings (SSSR count). The van der Waals surface area contributed by atoms with Crippen LogP contribution in [0.15, 0.2) is 36.5 Å². The number of rotatable bonds is 4. The zero-order valence-electron chi connectivity index (χ0n) is 15.5. The average Bonchev–Trinajstić information content (AvgIpc) is 3.47. The number of benzene rings is 1. The van der Waals surface area contributed by atoms with E-state index in [0.29, 0.717) is 22.3 Å². The monoisotopic (exact) mass is 509 g/mol. The molecule has 146 valence electrons. The van der Waals surface area contributed by atoms with Gasteiger partial charge in [0.05, 0.1) is 5.60 Å². The van der Waals surface area contributed by atoms with Gasteiger partial charge in [0.15, 0.2) is 5.75 Å². The van der Waals surface area contributed by atoms with Crippen LogP contribution in [0.2, 0.25) is 5.02 Å². The van der Waals surface area contributed by atoms with E-state index in [2.05, 4.69) is 10.2 Å². The first-order valence-corrected chi connectivity index (χ1v) is 12.5. The minimum Gasteiger partial charge on any atom is -0.453 e. The molecule has 1 fully saturated rings. The van der Waals surface area contributed by atoms with Gasteiger partial charge in [-0.3, -0.25) is 4.40 Å². The molecule has 7 heteroatoms. The summed E-state index contributed by atoms with van der Waals surface area (Å²) in [5.74, 6) is 2.66. The largest absolute Gasteiger partial charge is 0.453 e. The van der Waals surface area contributed by atoms with Gasteiger partial charge in [0.2, 0.25) is 5.65 Å². The fraction of sp³-hybridized carbons (Fsp3) is 0.381. The van der Waals surface area contributed by atoms with Crippen LogP contribution in [-0.4, -0.2) is 33.2 Å². The zero-order valence-corrected chi connectivity index (χ0v) is 18.4. The van der Waals surface area contributed by atoms with E-state index in [1.807, 2.05) is 47.9 Å². The minimum atomic E-state index is -0.483. The van der Waals surface area contributed by atoms with E-state index in [4.69, 9.17) is 16.3 Å². The SMILES string of the molecule is Cc1c(Cl)cccc1Oc1cccn2c(C3CCC(O)(C4=IC4)CC3)nnc12. The number of aliphatic hydroxyl groups is 1. The van der Waals surface area contributed by atoms with E-state index in [9.17, 15) is 5.11 Å². The molecule has 2 aromatic heterocycles. The second-order valence-corrected chi connectivity index (χ2v) is 10.8. The van der Waals surface area contributed by atoms with E-state index >= 15 is 0 Å². The number of hydrogen-bond donors (Lipinski definition) is 1. The third kappa shape index (κ3) is 3.25. The van der Waals surface area contributed by atoms with Crippen LogP contribution in [0.5, 0.6) is 11.5 Å². The molecular formula is C21H21ClIN3O2. The van der Waals surface area contributed by atoms with Crippen molar-refractivity contribution in [3.05, 3.63) is 52.9 Å². The number of fused-ring (bicyclic) bond motifs is 1. The minimum absolute atomic E-state index is 0.183. The first kappa shape index (κ1) is 18.5. The van der Waals surface area contributed by atoms with Crippen molar-refractivity contribution >= 4 is 41.5 Å². The van der Waals surface area contributed by atoms with Crippen molar-refractivity contribution in [2.75, 3.05) is 4.43 Å². The van der Waals surface area contributed by atoms with Crippen LogP contribution in [0.25, 0.3) is 5.65 Å². The first-order chi connectivity index (χ1) is 13.5. The number of ether oxygens (including phenoxy) is 1. The van der Waals surface area contributed by atoms with Gasteiger partial charge in [0, 0.05) is 30.6 Å². The molecule has 0 saturated heterocycles. The van der Waals surface area contributed by atoms with Gasteiger partial charge in [0.1, 0.15) is 11.6 Å². The number of alkyl halides is 1. The highest BCUT2D eigenvalue weighted by Crippen LogP contribution is 2.43. The van der Waals surface area contributed by atoms with E-state index < -0.39 is 5.60 Å². The smallest absolute Gasteiger partial charge is 0.203 e.